The van der Waals surface area contributed by atoms with Gasteiger partial charge >= 0.3 is 0 Å². The maximum Gasteiger partial charge on any atom is 0.151 e. The highest BCUT2D eigenvalue weighted by Gasteiger charge is 2.39. The van der Waals surface area contributed by atoms with Crippen molar-refractivity contribution in [1.29, 1.82) is 10.8 Å². The first-order chi connectivity index (χ1) is 15.5. The molecule has 0 fully saturated rings. The minimum absolute atomic E-state index is 0.0302. The summed E-state index contributed by atoms with van der Waals surface area (Å²) in [4.78, 5) is 0. The van der Waals surface area contributed by atoms with Crippen molar-refractivity contribution < 1.29 is 4.74 Å². The Hall–Kier alpha value is -2.12. The van der Waals surface area contributed by atoms with Gasteiger partial charge in [0, 0.05) is 39.2 Å². The van der Waals surface area contributed by atoms with Gasteiger partial charge in [-0.1, -0.05) is 103 Å². The molecule has 0 amide bonds. The smallest absolute Gasteiger partial charge is 0.151 e. The van der Waals surface area contributed by atoms with Gasteiger partial charge in [-0.3, -0.25) is 10.8 Å². The van der Waals surface area contributed by atoms with E-state index in [0.717, 1.165) is 33.8 Å². The van der Waals surface area contributed by atoms with Crippen LogP contribution in [0.3, 0.4) is 0 Å². The highest BCUT2D eigenvalue weighted by atomic mass is 32.2. The fraction of sp³-hybridized carbons (Fsp3) is 0.481. The highest BCUT2D eigenvalue weighted by molar-refractivity contribution is 8.13. The third kappa shape index (κ3) is 5.41. The van der Waals surface area contributed by atoms with Gasteiger partial charge in [-0.05, 0) is 22.0 Å². The Morgan fingerprint density at radius 1 is 0.765 bits per heavy atom. The predicted octanol–water partition coefficient (Wildman–Crippen LogP) is 6.97. The van der Waals surface area contributed by atoms with Gasteiger partial charge in [-0.25, -0.2) is 0 Å². The van der Waals surface area contributed by atoms with Crippen molar-refractivity contribution in [3.05, 3.63) is 57.6 Å². The van der Waals surface area contributed by atoms with E-state index in [4.69, 9.17) is 27.0 Å². The molecule has 0 aliphatic carbocycles. The lowest BCUT2D eigenvalue weighted by molar-refractivity contribution is 0.408. The molecule has 7 heteroatoms. The van der Waals surface area contributed by atoms with E-state index in [2.05, 4.69) is 79.7 Å². The lowest BCUT2D eigenvalue weighted by Crippen LogP contribution is -2.28. The number of nitrogens with two attached hydrogens (primary N) is 2. The molecule has 0 saturated carbocycles. The van der Waals surface area contributed by atoms with Crippen molar-refractivity contribution in [2.45, 2.75) is 83.1 Å². The second-order valence-corrected chi connectivity index (χ2v) is 13.6. The largest absolute Gasteiger partial charge is 0.456 e. The Bertz CT molecular complexity index is 1050. The summed E-state index contributed by atoms with van der Waals surface area (Å²) in [5.74, 6) is 2.86. The molecule has 0 saturated heterocycles. The standard InChI is InChI=1S/C27H38N4OS2/c1-25(2,3)17-9-15(13-33-23(28)29)21-19(11-17)27(7,8)20-12-18(26(4,5)6)10-16(22(20)32-21)14-34-24(30)31/h9-12H,13-14H2,1-8H3,(H3,28,29)(H3,30,31). The number of benzene rings is 2. The van der Waals surface area contributed by atoms with Crippen molar-refractivity contribution in [2.24, 2.45) is 11.5 Å². The molecule has 0 bridgehead atoms. The molecule has 2 aromatic carbocycles. The quantitative estimate of drug-likeness (QED) is 0.269. The van der Waals surface area contributed by atoms with Crippen LogP contribution in [0, 0.1) is 10.8 Å². The van der Waals surface area contributed by atoms with Crippen LogP contribution < -0.4 is 16.2 Å². The Kier molecular flexibility index (Phi) is 7.13. The molecule has 2 aromatic rings. The molecular weight excluding hydrogens is 460 g/mol. The maximum absolute atomic E-state index is 7.73. The number of amidine groups is 2. The molecule has 0 unspecified atom stereocenters. The van der Waals surface area contributed by atoms with Gasteiger partial charge in [0.2, 0.25) is 0 Å². The number of rotatable bonds is 4. The van der Waals surface area contributed by atoms with E-state index in [0.29, 0.717) is 11.5 Å². The fourth-order valence-corrected chi connectivity index (χ4v) is 5.24. The lowest BCUT2D eigenvalue weighted by Gasteiger charge is -2.39. The second kappa shape index (κ2) is 9.15. The van der Waals surface area contributed by atoms with Crippen LogP contribution in [-0.4, -0.2) is 10.3 Å². The predicted molar refractivity (Wildman–Crippen MR) is 149 cm³/mol. The van der Waals surface area contributed by atoms with Crippen LogP contribution in [-0.2, 0) is 27.8 Å². The number of thioether (sulfide) groups is 2. The van der Waals surface area contributed by atoms with Crippen molar-refractivity contribution >= 4 is 33.9 Å². The van der Waals surface area contributed by atoms with Crippen LogP contribution in [0.4, 0.5) is 0 Å². The molecule has 34 heavy (non-hydrogen) atoms. The number of hydrogen-bond acceptors (Lipinski definition) is 5. The molecule has 184 valence electrons. The van der Waals surface area contributed by atoms with Crippen LogP contribution in [0.1, 0.15) is 88.8 Å². The lowest BCUT2D eigenvalue weighted by atomic mass is 9.71. The molecule has 0 radical (unpaired) electrons. The summed E-state index contributed by atoms with van der Waals surface area (Å²) in [5.41, 5.74) is 17.9. The van der Waals surface area contributed by atoms with E-state index in [1.807, 2.05) is 0 Å². The first-order valence-corrected chi connectivity index (χ1v) is 13.5. The van der Waals surface area contributed by atoms with Crippen molar-refractivity contribution in [2.75, 3.05) is 0 Å². The minimum atomic E-state index is -0.295. The monoisotopic (exact) mass is 498 g/mol. The van der Waals surface area contributed by atoms with E-state index in [1.165, 1.54) is 34.7 Å². The van der Waals surface area contributed by atoms with Crippen molar-refractivity contribution in [3.8, 4) is 11.5 Å². The summed E-state index contributed by atoms with van der Waals surface area (Å²) in [6.07, 6.45) is 0. The van der Waals surface area contributed by atoms with Gasteiger partial charge in [-0.2, -0.15) is 0 Å². The van der Waals surface area contributed by atoms with Crippen molar-refractivity contribution in [1.82, 2.24) is 0 Å². The van der Waals surface area contributed by atoms with E-state index < -0.39 is 0 Å². The average Bonchev–Trinajstić information content (AvgIpc) is 2.69. The zero-order valence-corrected chi connectivity index (χ0v) is 23.2. The van der Waals surface area contributed by atoms with Gasteiger partial charge in [0.25, 0.3) is 0 Å². The van der Waals surface area contributed by atoms with Gasteiger partial charge < -0.3 is 16.2 Å². The minimum Gasteiger partial charge on any atom is -0.456 e. The van der Waals surface area contributed by atoms with E-state index in [-0.39, 0.29) is 26.6 Å². The van der Waals surface area contributed by atoms with E-state index in [1.54, 1.807) is 0 Å². The summed E-state index contributed by atoms with van der Waals surface area (Å²) in [6, 6.07) is 8.97. The molecule has 1 aliphatic rings. The Labute approximate surface area is 212 Å². The number of hydrogen-bond donors (Lipinski definition) is 4. The van der Waals surface area contributed by atoms with Crippen LogP contribution in [0.25, 0.3) is 0 Å². The van der Waals surface area contributed by atoms with Gasteiger partial charge in [0.1, 0.15) is 11.5 Å². The van der Waals surface area contributed by atoms with Gasteiger partial charge in [0.05, 0.1) is 0 Å². The van der Waals surface area contributed by atoms with Crippen LogP contribution in [0.15, 0.2) is 24.3 Å². The summed E-state index contributed by atoms with van der Waals surface area (Å²) >= 11 is 2.63. The normalized spacial score (nSPS) is 14.7. The zero-order chi connectivity index (χ0) is 25.6. The SMILES string of the molecule is CC(C)(C)c1cc(CSC(=N)N)c2c(c1)C(C)(C)c1cc(C(C)(C)C)cc(CSC(=N)N)c1O2. The summed E-state index contributed by atoms with van der Waals surface area (Å²) in [5, 5.41) is 15.7. The molecule has 6 N–H and O–H groups in total. The van der Waals surface area contributed by atoms with Crippen molar-refractivity contribution in [3.63, 3.8) is 0 Å². The molecular formula is C27H38N4OS2. The van der Waals surface area contributed by atoms with Gasteiger partial charge in [0.15, 0.2) is 10.3 Å². The molecule has 1 heterocycles. The third-order valence-corrected chi connectivity index (χ3v) is 7.91. The topological polar surface area (TPSA) is 109 Å². The second-order valence-electron chi connectivity index (χ2n) is 11.6. The van der Waals surface area contributed by atoms with Gasteiger partial charge in [-0.15, -0.1) is 0 Å². The number of fused-ring (bicyclic) bond motifs is 2. The van der Waals surface area contributed by atoms with E-state index >= 15 is 0 Å². The maximum atomic E-state index is 7.73. The Morgan fingerprint density at radius 3 is 1.41 bits per heavy atom. The molecule has 0 atom stereocenters. The summed E-state index contributed by atoms with van der Waals surface area (Å²) < 4.78 is 6.73. The Morgan fingerprint density at radius 2 is 1.12 bits per heavy atom. The molecule has 0 aromatic heterocycles. The molecule has 5 nitrogen and oxygen atoms in total. The molecule has 1 aliphatic heterocycles. The number of nitrogens with one attached hydrogen (secondary N) is 2. The van der Waals surface area contributed by atoms with Crippen LogP contribution >= 0.6 is 23.5 Å². The number of ether oxygens (including phenoxy) is 1. The van der Waals surface area contributed by atoms with E-state index in [9.17, 15) is 0 Å². The van der Waals surface area contributed by atoms with Crippen LogP contribution in [0.5, 0.6) is 11.5 Å². The van der Waals surface area contributed by atoms with Crippen LogP contribution in [0.2, 0.25) is 0 Å². The third-order valence-electron chi connectivity index (χ3n) is 6.38. The molecule has 0 spiro atoms. The first-order valence-electron chi connectivity index (χ1n) is 11.5. The first kappa shape index (κ1) is 26.5. The average molecular weight is 499 g/mol. The molecule has 3 rings (SSSR count). The summed E-state index contributed by atoms with van der Waals surface area (Å²) in [7, 11) is 0. The fourth-order valence-electron chi connectivity index (χ4n) is 4.19. The summed E-state index contributed by atoms with van der Waals surface area (Å²) in [6.45, 7) is 17.8. The highest BCUT2D eigenvalue weighted by Crippen LogP contribution is 2.53. The Balaban J connectivity index is 2.29. The zero-order valence-electron chi connectivity index (χ0n) is 21.6.